The van der Waals surface area contributed by atoms with Gasteiger partial charge in [0.05, 0.1) is 0 Å². The Kier molecular flexibility index (Phi) is 4.01. The Morgan fingerprint density at radius 2 is 2.24 bits per heavy atom. The highest BCUT2D eigenvalue weighted by atomic mass is 79.9. The minimum Gasteiger partial charge on any atom is -0.508 e. The molecular formula is C15H14BrNO3S. The van der Waals surface area contributed by atoms with Crippen molar-refractivity contribution in [3.63, 3.8) is 0 Å². The molecule has 0 saturated carbocycles. The Bertz CT molecular complexity index is 685. The van der Waals surface area contributed by atoms with E-state index in [1.807, 2.05) is 22.4 Å². The predicted molar refractivity (Wildman–Crippen MR) is 84.6 cm³/mol. The van der Waals surface area contributed by atoms with Crippen LogP contribution in [0, 0.1) is 0 Å². The van der Waals surface area contributed by atoms with Gasteiger partial charge >= 0.3 is 5.97 Å². The van der Waals surface area contributed by atoms with Gasteiger partial charge in [-0.1, -0.05) is 15.9 Å². The number of fused-ring (bicyclic) bond motifs is 1. The quantitative estimate of drug-likeness (QED) is 0.872. The number of carbonyl (C=O) groups is 1. The third-order valence-electron chi connectivity index (χ3n) is 3.71. The van der Waals surface area contributed by atoms with Crippen molar-refractivity contribution in [3.05, 3.63) is 50.1 Å². The van der Waals surface area contributed by atoms with Crippen LogP contribution in [-0.4, -0.2) is 27.6 Å². The number of carboxylic acid groups (broad SMARTS) is 1. The molecule has 2 aromatic rings. The van der Waals surface area contributed by atoms with Gasteiger partial charge in [-0.05, 0) is 41.6 Å². The number of carboxylic acids is 1. The maximum absolute atomic E-state index is 11.7. The maximum atomic E-state index is 11.7. The van der Waals surface area contributed by atoms with Crippen molar-refractivity contribution in [3.8, 4) is 5.75 Å². The molecule has 0 radical (unpaired) electrons. The maximum Gasteiger partial charge on any atom is 0.325 e. The summed E-state index contributed by atoms with van der Waals surface area (Å²) in [4.78, 5) is 14.7. The van der Waals surface area contributed by atoms with Crippen LogP contribution >= 0.6 is 27.3 Å². The summed E-state index contributed by atoms with van der Waals surface area (Å²) in [6.07, 6.45) is 0.853. The zero-order chi connectivity index (χ0) is 15.0. The van der Waals surface area contributed by atoms with Crippen molar-refractivity contribution in [2.24, 2.45) is 0 Å². The minimum atomic E-state index is -0.844. The second-order valence-corrected chi connectivity index (χ2v) is 6.95. The number of nitrogens with zero attached hydrogens (tertiary/aromatic N) is 1. The van der Waals surface area contributed by atoms with E-state index in [0.29, 0.717) is 13.1 Å². The summed E-state index contributed by atoms with van der Waals surface area (Å²) >= 11 is 4.99. The minimum absolute atomic E-state index is 0.193. The Morgan fingerprint density at radius 3 is 3.00 bits per heavy atom. The van der Waals surface area contributed by atoms with Gasteiger partial charge in [0.15, 0.2) is 0 Å². The molecule has 1 unspecified atom stereocenters. The van der Waals surface area contributed by atoms with E-state index in [0.717, 1.165) is 26.9 Å². The van der Waals surface area contributed by atoms with Crippen molar-refractivity contribution in [2.75, 3.05) is 6.54 Å². The lowest BCUT2D eigenvalue weighted by Crippen LogP contribution is -2.38. The van der Waals surface area contributed by atoms with E-state index in [2.05, 4.69) is 15.9 Å². The van der Waals surface area contributed by atoms with E-state index in [1.54, 1.807) is 23.5 Å². The molecule has 21 heavy (non-hydrogen) atoms. The molecule has 4 nitrogen and oxygen atoms in total. The molecule has 0 amide bonds. The molecule has 110 valence electrons. The fourth-order valence-corrected chi connectivity index (χ4v) is 4.04. The summed E-state index contributed by atoms with van der Waals surface area (Å²) in [6, 6.07) is 6.47. The van der Waals surface area contributed by atoms with Crippen molar-refractivity contribution in [2.45, 2.75) is 19.0 Å². The first-order valence-corrected chi connectivity index (χ1v) is 8.24. The second-order valence-electron chi connectivity index (χ2n) is 5.03. The molecule has 1 atom stereocenters. The standard InChI is InChI=1S/C15H14BrNO3S/c16-10-1-2-12(18)9(7-10)8-17-5-3-13-11(4-6-21-13)14(17)15(19)20/h1-2,4,6-7,14,18H,3,5,8H2,(H,19,20). The number of thiophene rings is 1. The molecule has 0 saturated heterocycles. The van der Waals surface area contributed by atoms with E-state index in [9.17, 15) is 15.0 Å². The SMILES string of the molecule is O=C(O)C1c2ccsc2CCN1Cc1cc(Br)ccc1O. The van der Waals surface area contributed by atoms with Crippen LogP contribution in [0.1, 0.15) is 22.0 Å². The molecular weight excluding hydrogens is 354 g/mol. The summed E-state index contributed by atoms with van der Waals surface area (Å²) in [5.74, 6) is -0.651. The van der Waals surface area contributed by atoms with E-state index in [-0.39, 0.29) is 5.75 Å². The number of rotatable bonds is 3. The van der Waals surface area contributed by atoms with Crippen LogP contribution in [0.25, 0.3) is 0 Å². The van der Waals surface area contributed by atoms with E-state index in [1.165, 1.54) is 0 Å². The van der Waals surface area contributed by atoms with Crippen LogP contribution in [0.15, 0.2) is 34.1 Å². The molecule has 0 bridgehead atoms. The summed E-state index contributed by atoms with van der Waals surface area (Å²) in [6.45, 7) is 1.09. The molecule has 1 aliphatic heterocycles. The Hall–Kier alpha value is -1.37. The van der Waals surface area contributed by atoms with Crippen LogP contribution in [0.4, 0.5) is 0 Å². The van der Waals surface area contributed by atoms with Gasteiger partial charge in [0.25, 0.3) is 0 Å². The third-order valence-corrected chi connectivity index (χ3v) is 5.20. The first kappa shape index (κ1) is 14.6. The highest BCUT2D eigenvalue weighted by Crippen LogP contribution is 2.35. The van der Waals surface area contributed by atoms with Crippen LogP contribution in [0.3, 0.4) is 0 Å². The van der Waals surface area contributed by atoms with Gasteiger partial charge in [-0.15, -0.1) is 11.3 Å². The molecule has 1 aromatic carbocycles. The van der Waals surface area contributed by atoms with Crippen LogP contribution in [-0.2, 0) is 17.8 Å². The van der Waals surface area contributed by atoms with Crippen molar-refractivity contribution >= 4 is 33.2 Å². The Labute approximate surface area is 134 Å². The lowest BCUT2D eigenvalue weighted by Gasteiger charge is -2.33. The van der Waals surface area contributed by atoms with Gasteiger partial charge in [-0.2, -0.15) is 0 Å². The number of aliphatic carboxylic acids is 1. The van der Waals surface area contributed by atoms with Gasteiger partial charge < -0.3 is 10.2 Å². The van der Waals surface area contributed by atoms with Gasteiger partial charge in [0.2, 0.25) is 0 Å². The van der Waals surface area contributed by atoms with Crippen LogP contribution in [0.5, 0.6) is 5.75 Å². The average molecular weight is 368 g/mol. The predicted octanol–water partition coefficient (Wildman–Crippen LogP) is 3.40. The summed E-state index contributed by atoms with van der Waals surface area (Å²) in [5, 5.41) is 21.5. The van der Waals surface area contributed by atoms with E-state index >= 15 is 0 Å². The highest BCUT2D eigenvalue weighted by molar-refractivity contribution is 9.10. The number of phenolic OH excluding ortho intramolecular Hbond substituents is 1. The molecule has 1 aliphatic rings. The number of hydrogen-bond acceptors (Lipinski definition) is 4. The molecule has 6 heteroatoms. The normalized spacial score (nSPS) is 18.4. The van der Waals surface area contributed by atoms with Gasteiger partial charge in [-0.25, -0.2) is 0 Å². The third kappa shape index (κ3) is 2.84. The molecule has 2 heterocycles. The number of halogens is 1. The topological polar surface area (TPSA) is 60.8 Å². The Balaban J connectivity index is 1.91. The molecule has 2 N–H and O–H groups in total. The fraction of sp³-hybridized carbons (Fsp3) is 0.267. The number of benzene rings is 1. The van der Waals surface area contributed by atoms with Crippen molar-refractivity contribution in [1.82, 2.24) is 4.90 Å². The molecule has 0 spiro atoms. The summed E-state index contributed by atoms with van der Waals surface area (Å²) < 4.78 is 0.871. The van der Waals surface area contributed by atoms with E-state index < -0.39 is 12.0 Å². The number of hydrogen-bond donors (Lipinski definition) is 2. The van der Waals surface area contributed by atoms with Crippen molar-refractivity contribution in [1.29, 1.82) is 0 Å². The number of phenols is 1. The zero-order valence-corrected chi connectivity index (χ0v) is 13.5. The van der Waals surface area contributed by atoms with E-state index in [4.69, 9.17) is 0 Å². The smallest absolute Gasteiger partial charge is 0.325 e. The largest absolute Gasteiger partial charge is 0.508 e. The molecule has 0 aliphatic carbocycles. The van der Waals surface area contributed by atoms with Crippen LogP contribution in [0.2, 0.25) is 0 Å². The molecule has 1 aromatic heterocycles. The van der Waals surface area contributed by atoms with Gasteiger partial charge in [0, 0.05) is 28.0 Å². The van der Waals surface area contributed by atoms with Gasteiger partial charge in [0.1, 0.15) is 11.8 Å². The number of aromatic hydroxyl groups is 1. The second kappa shape index (κ2) is 5.79. The summed E-state index contributed by atoms with van der Waals surface area (Å²) in [7, 11) is 0. The molecule has 0 fully saturated rings. The zero-order valence-electron chi connectivity index (χ0n) is 11.1. The molecule has 3 rings (SSSR count). The van der Waals surface area contributed by atoms with Crippen LogP contribution < -0.4 is 0 Å². The first-order valence-electron chi connectivity index (χ1n) is 6.57. The highest BCUT2D eigenvalue weighted by Gasteiger charge is 2.33. The van der Waals surface area contributed by atoms with Gasteiger partial charge in [-0.3, -0.25) is 9.69 Å². The average Bonchev–Trinajstić information content (AvgIpc) is 2.90. The Morgan fingerprint density at radius 1 is 1.43 bits per heavy atom. The lowest BCUT2D eigenvalue weighted by atomic mass is 9.99. The monoisotopic (exact) mass is 367 g/mol. The lowest BCUT2D eigenvalue weighted by molar-refractivity contribution is -0.144. The first-order chi connectivity index (χ1) is 10.1. The van der Waals surface area contributed by atoms with Crippen molar-refractivity contribution < 1.29 is 15.0 Å². The summed E-state index contributed by atoms with van der Waals surface area (Å²) in [5.41, 5.74) is 1.61. The fourth-order valence-electron chi connectivity index (χ4n) is 2.73.